The normalized spacial score (nSPS) is 10.4. The van der Waals surface area contributed by atoms with E-state index in [4.69, 9.17) is 9.47 Å². The summed E-state index contributed by atoms with van der Waals surface area (Å²) in [5.41, 5.74) is 5.02. The van der Waals surface area contributed by atoms with Gasteiger partial charge in [0.2, 0.25) is 0 Å². The van der Waals surface area contributed by atoms with Gasteiger partial charge in [0.1, 0.15) is 0 Å². The van der Waals surface area contributed by atoms with Crippen molar-refractivity contribution in [3.8, 4) is 11.5 Å². The van der Waals surface area contributed by atoms with E-state index < -0.39 is 11.8 Å². The van der Waals surface area contributed by atoms with Crippen LogP contribution in [0.25, 0.3) is 6.08 Å². The lowest BCUT2D eigenvalue weighted by Crippen LogP contribution is -2.40. The van der Waals surface area contributed by atoms with Gasteiger partial charge in [-0.3, -0.25) is 20.4 Å². The minimum atomic E-state index is -0.450. The Bertz CT molecular complexity index is 726. The van der Waals surface area contributed by atoms with Crippen LogP contribution >= 0.6 is 11.3 Å². The fourth-order valence-electron chi connectivity index (χ4n) is 1.86. The van der Waals surface area contributed by atoms with Crippen LogP contribution in [0.5, 0.6) is 11.5 Å². The fraction of sp³-hybridized carbons (Fsp3) is 0.176. The van der Waals surface area contributed by atoms with Gasteiger partial charge in [-0.2, -0.15) is 0 Å². The van der Waals surface area contributed by atoms with Crippen LogP contribution in [-0.4, -0.2) is 25.5 Å². The monoisotopic (exact) mass is 346 g/mol. The third-order valence-corrected chi connectivity index (χ3v) is 3.80. The van der Waals surface area contributed by atoms with E-state index in [0.717, 1.165) is 4.88 Å². The molecule has 1 aromatic carbocycles. The number of methoxy groups -OCH3 is 1. The molecule has 1 heterocycles. The second-order valence-corrected chi connectivity index (χ2v) is 5.57. The van der Waals surface area contributed by atoms with Gasteiger partial charge < -0.3 is 9.47 Å². The number of carbonyl (C=O) groups excluding carboxylic acids is 2. The molecule has 0 aliphatic carbocycles. The quantitative estimate of drug-likeness (QED) is 0.623. The molecule has 0 spiro atoms. The number of thiophene rings is 1. The number of hydrogen-bond donors (Lipinski definition) is 2. The molecule has 0 aliphatic heterocycles. The van der Waals surface area contributed by atoms with E-state index in [9.17, 15) is 9.59 Å². The summed E-state index contributed by atoms with van der Waals surface area (Å²) in [7, 11) is 1.50. The summed E-state index contributed by atoms with van der Waals surface area (Å²) in [4.78, 5) is 24.7. The number of amides is 2. The van der Waals surface area contributed by atoms with Crippen LogP contribution in [0.3, 0.4) is 0 Å². The first-order valence-electron chi connectivity index (χ1n) is 7.26. The van der Waals surface area contributed by atoms with Crippen molar-refractivity contribution < 1.29 is 19.1 Å². The highest BCUT2D eigenvalue weighted by molar-refractivity contribution is 7.10. The first kappa shape index (κ1) is 17.6. The summed E-state index contributed by atoms with van der Waals surface area (Å²) in [6, 6.07) is 8.57. The van der Waals surface area contributed by atoms with Gasteiger partial charge in [0, 0.05) is 16.5 Å². The lowest BCUT2D eigenvalue weighted by Gasteiger charge is -2.11. The molecular weight excluding hydrogens is 328 g/mol. The van der Waals surface area contributed by atoms with E-state index in [1.54, 1.807) is 24.3 Å². The summed E-state index contributed by atoms with van der Waals surface area (Å²) in [5.74, 6) is 0.136. The Morgan fingerprint density at radius 2 is 2.04 bits per heavy atom. The molecule has 2 N–H and O–H groups in total. The zero-order chi connectivity index (χ0) is 17.4. The Morgan fingerprint density at radius 3 is 2.71 bits per heavy atom. The Morgan fingerprint density at radius 1 is 1.21 bits per heavy atom. The second-order valence-electron chi connectivity index (χ2n) is 4.59. The number of hydrazine groups is 1. The number of hydrogen-bond acceptors (Lipinski definition) is 5. The molecular formula is C17H18N2O4S. The topological polar surface area (TPSA) is 76.7 Å². The minimum Gasteiger partial charge on any atom is -0.493 e. The molecule has 24 heavy (non-hydrogen) atoms. The molecule has 0 fully saturated rings. The second kappa shape index (κ2) is 8.73. The standard InChI is InChI=1S/C17H18N2O4S/c1-3-23-14-8-6-12(11-15(14)22-2)17(21)19-18-16(20)9-7-13-5-4-10-24-13/h4-11H,3H2,1-2H3,(H,18,20)(H,19,21)/b9-7+. The van der Waals surface area contributed by atoms with Crippen molar-refractivity contribution >= 4 is 29.2 Å². The smallest absolute Gasteiger partial charge is 0.269 e. The maximum absolute atomic E-state index is 12.1. The first-order valence-corrected chi connectivity index (χ1v) is 8.14. The number of rotatable bonds is 6. The average molecular weight is 346 g/mol. The molecule has 0 radical (unpaired) electrons. The van der Waals surface area contributed by atoms with Gasteiger partial charge in [-0.25, -0.2) is 0 Å². The van der Waals surface area contributed by atoms with Crippen LogP contribution in [0.4, 0.5) is 0 Å². The molecule has 0 saturated carbocycles. The van der Waals surface area contributed by atoms with E-state index in [1.165, 1.54) is 24.5 Å². The largest absolute Gasteiger partial charge is 0.493 e. The van der Waals surface area contributed by atoms with Gasteiger partial charge in [0.15, 0.2) is 11.5 Å². The minimum absolute atomic E-state index is 0.345. The maximum Gasteiger partial charge on any atom is 0.269 e. The zero-order valence-corrected chi connectivity index (χ0v) is 14.2. The van der Waals surface area contributed by atoms with Crippen molar-refractivity contribution in [2.75, 3.05) is 13.7 Å². The molecule has 0 unspecified atom stereocenters. The maximum atomic E-state index is 12.1. The Kier molecular flexibility index (Phi) is 6.39. The number of carbonyl (C=O) groups is 2. The average Bonchev–Trinajstić information content (AvgIpc) is 3.12. The molecule has 7 heteroatoms. The molecule has 126 valence electrons. The molecule has 6 nitrogen and oxygen atoms in total. The molecule has 0 aliphatic rings. The molecule has 0 saturated heterocycles. The summed E-state index contributed by atoms with van der Waals surface area (Å²) in [6.45, 7) is 2.35. The summed E-state index contributed by atoms with van der Waals surface area (Å²) in [6.07, 6.45) is 3.02. The predicted molar refractivity (Wildman–Crippen MR) is 93.1 cm³/mol. The third-order valence-electron chi connectivity index (χ3n) is 2.97. The molecule has 0 atom stereocenters. The van der Waals surface area contributed by atoms with E-state index in [2.05, 4.69) is 10.9 Å². The van der Waals surface area contributed by atoms with Gasteiger partial charge in [-0.05, 0) is 42.6 Å². The van der Waals surface area contributed by atoms with E-state index >= 15 is 0 Å². The molecule has 2 rings (SSSR count). The molecule has 0 bridgehead atoms. The van der Waals surface area contributed by atoms with Crippen LogP contribution in [0, 0.1) is 0 Å². The van der Waals surface area contributed by atoms with Gasteiger partial charge >= 0.3 is 0 Å². The van der Waals surface area contributed by atoms with Crippen molar-refractivity contribution in [3.63, 3.8) is 0 Å². The molecule has 2 aromatic rings. The summed E-state index contributed by atoms with van der Waals surface area (Å²) >= 11 is 1.52. The van der Waals surface area contributed by atoms with Crippen molar-refractivity contribution in [2.24, 2.45) is 0 Å². The van der Waals surface area contributed by atoms with Crippen LogP contribution in [-0.2, 0) is 4.79 Å². The lowest BCUT2D eigenvalue weighted by atomic mass is 10.2. The highest BCUT2D eigenvalue weighted by atomic mass is 32.1. The Labute approximate surface area is 144 Å². The zero-order valence-electron chi connectivity index (χ0n) is 13.4. The summed E-state index contributed by atoms with van der Waals surface area (Å²) < 4.78 is 10.6. The van der Waals surface area contributed by atoms with Crippen molar-refractivity contribution in [1.82, 2.24) is 10.9 Å². The molecule has 2 amide bonds. The fourth-order valence-corrected chi connectivity index (χ4v) is 2.48. The van der Waals surface area contributed by atoms with Gasteiger partial charge in [0.25, 0.3) is 11.8 Å². The SMILES string of the molecule is CCOc1ccc(C(=O)NNC(=O)/C=C/c2cccs2)cc1OC. The highest BCUT2D eigenvalue weighted by Crippen LogP contribution is 2.27. The van der Waals surface area contributed by atoms with Crippen molar-refractivity contribution in [2.45, 2.75) is 6.92 Å². The van der Waals surface area contributed by atoms with Crippen LogP contribution in [0.1, 0.15) is 22.2 Å². The van der Waals surface area contributed by atoms with Crippen LogP contribution in [0.2, 0.25) is 0 Å². The van der Waals surface area contributed by atoms with E-state index in [-0.39, 0.29) is 0 Å². The van der Waals surface area contributed by atoms with Crippen LogP contribution in [0.15, 0.2) is 41.8 Å². The summed E-state index contributed by atoms with van der Waals surface area (Å²) in [5, 5.41) is 1.92. The van der Waals surface area contributed by atoms with Gasteiger partial charge in [0.05, 0.1) is 13.7 Å². The van der Waals surface area contributed by atoms with Crippen LogP contribution < -0.4 is 20.3 Å². The Hall–Kier alpha value is -2.80. The number of benzene rings is 1. The Balaban J connectivity index is 1.93. The van der Waals surface area contributed by atoms with Gasteiger partial charge in [-0.15, -0.1) is 11.3 Å². The van der Waals surface area contributed by atoms with Crippen molar-refractivity contribution in [3.05, 3.63) is 52.2 Å². The van der Waals surface area contributed by atoms with Crippen molar-refractivity contribution in [1.29, 1.82) is 0 Å². The number of nitrogens with one attached hydrogen (secondary N) is 2. The number of ether oxygens (including phenoxy) is 2. The molecule has 1 aromatic heterocycles. The predicted octanol–water partition coefficient (Wildman–Crippen LogP) is 2.63. The van der Waals surface area contributed by atoms with Gasteiger partial charge in [-0.1, -0.05) is 6.07 Å². The lowest BCUT2D eigenvalue weighted by molar-refractivity contribution is -0.117. The van der Waals surface area contributed by atoms with E-state index in [1.807, 2.05) is 24.4 Å². The first-order chi connectivity index (χ1) is 11.6. The third kappa shape index (κ3) is 4.85. The van der Waals surface area contributed by atoms with E-state index in [0.29, 0.717) is 23.7 Å². The highest BCUT2D eigenvalue weighted by Gasteiger charge is 2.11.